The molecule has 6 heteroatoms. The molecule has 0 N–H and O–H groups in total. The fourth-order valence-corrected chi connectivity index (χ4v) is 6.17. The van der Waals surface area contributed by atoms with Gasteiger partial charge in [-0.25, -0.2) is 8.42 Å². The van der Waals surface area contributed by atoms with Crippen LogP contribution in [0.3, 0.4) is 0 Å². The predicted octanol–water partition coefficient (Wildman–Crippen LogP) is 4.56. The van der Waals surface area contributed by atoms with Crippen LogP contribution in [0.5, 0.6) is 0 Å². The summed E-state index contributed by atoms with van der Waals surface area (Å²) >= 11 is 6.04. The molecule has 4 rings (SSSR count). The molecule has 1 aliphatic carbocycles. The normalized spacial score (nSPS) is 27.9. The number of hydrogen-bond acceptors (Lipinski definition) is 3. The average Bonchev–Trinajstić information content (AvgIpc) is 3.06. The molecule has 2 aliphatic rings. The third-order valence-corrected chi connectivity index (χ3v) is 7.75. The Labute approximate surface area is 164 Å². The molecule has 4 nitrogen and oxygen atoms in total. The molecule has 0 saturated carbocycles. The van der Waals surface area contributed by atoms with Gasteiger partial charge in [0.05, 0.1) is 22.4 Å². The lowest BCUT2D eigenvalue weighted by Crippen LogP contribution is -2.36. The van der Waals surface area contributed by atoms with Crippen LogP contribution in [0.1, 0.15) is 24.4 Å². The van der Waals surface area contributed by atoms with Crippen molar-refractivity contribution >= 4 is 21.6 Å². The van der Waals surface area contributed by atoms with E-state index in [4.69, 9.17) is 11.6 Å². The zero-order valence-corrected chi connectivity index (χ0v) is 16.2. The van der Waals surface area contributed by atoms with Gasteiger partial charge in [-0.15, -0.1) is 0 Å². The van der Waals surface area contributed by atoms with E-state index in [2.05, 4.69) is 12.1 Å². The Hall–Kier alpha value is -2.13. The molecule has 0 unspecified atom stereocenters. The highest BCUT2D eigenvalue weighted by atomic mass is 35.5. The van der Waals surface area contributed by atoms with E-state index >= 15 is 0 Å². The number of fused-ring (bicyclic) bond motifs is 1. The molecule has 1 fully saturated rings. The third kappa shape index (κ3) is 2.89. The summed E-state index contributed by atoms with van der Waals surface area (Å²) in [7, 11) is -3.74. The van der Waals surface area contributed by atoms with Gasteiger partial charge in [0.25, 0.3) is 0 Å². The molecule has 27 heavy (non-hydrogen) atoms. The molecule has 138 valence electrons. The van der Waals surface area contributed by atoms with E-state index in [1.54, 1.807) is 42.5 Å². The Morgan fingerprint density at radius 2 is 1.81 bits per heavy atom. The molecule has 3 atom stereocenters. The Morgan fingerprint density at radius 1 is 1.11 bits per heavy atom. The average molecular weight is 399 g/mol. The minimum Gasteiger partial charge on any atom is -0.207 e. The van der Waals surface area contributed by atoms with Gasteiger partial charge in [0.2, 0.25) is 10.0 Å². The number of nitrogens with zero attached hydrogens (tertiary/aromatic N) is 2. The summed E-state index contributed by atoms with van der Waals surface area (Å²) in [5.41, 5.74) is 0.0306. The summed E-state index contributed by atoms with van der Waals surface area (Å²) in [6, 6.07) is 17.6. The van der Waals surface area contributed by atoms with Gasteiger partial charge in [-0.1, -0.05) is 54.1 Å². The van der Waals surface area contributed by atoms with Crippen molar-refractivity contribution in [2.45, 2.75) is 23.8 Å². The van der Waals surface area contributed by atoms with Crippen LogP contribution in [0, 0.1) is 22.7 Å². The summed E-state index contributed by atoms with van der Waals surface area (Å²) < 4.78 is 28.4. The molecule has 0 radical (unpaired) electrons. The zero-order chi connectivity index (χ0) is 19.1. The largest absolute Gasteiger partial charge is 0.243 e. The van der Waals surface area contributed by atoms with Crippen LogP contribution >= 0.6 is 11.6 Å². The molecule has 0 spiro atoms. The van der Waals surface area contributed by atoms with E-state index in [1.807, 2.05) is 18.2 Å². The van der Waals surface area contributed by atoms with Gasteiger partial charge in [-0.2, -0.15) is 9.57 Å². The standard InChI is InChI=1S/C21H19ClN2O2S/c22-18-11-9-16(10-12-18)20-21(15-23)13-5-4-6-17(21)14-24(20)27(25,26)19-7-2-1-3-8-19/h1-4,6-12,17,20H,5,13-14H2/t17-,20+,21-/m1/s1. The van der Waals surface area contributed by atoms with E-state index in [-0.39, 0.29) is 10.8 Å². The smallest absolute Gasteiger partial charge is 0.207 e. The van der Waals surface area contributed by atoms with Gasteiger partial charge in [0, 0.05) is 17.5 Å². The predicted molar refractivity (Wildman–Crippen MR) is 104 cm³/mol. The molecule has 1 heterocycles. The highest BCUT2D eigenvalue weighted by Crippen LogP contribution is 2.56. The second-order valence-electron chi connectivity index (χ2n) is 7.07. The number of sulfonamides is 1. The van der Waals surface area contributed by atoms with E-state index in [0.717, 1.165) is 12.0 Å². The van der Waals surface area contributed by atoms with E-state index in [1.165, 1.54) is 4.31 Å². The van der Waals surface area contributed by atoms with Crippen molar-refractivity contribution in [2.75, 3.05) is 6.54 Å². The molecule has 1 saturated heterocycles. The number of rotatable bonds is 3. The topological polar surface area (TPSA) is 61.2 Å². The molecule has 0 amide bonds. The maximum atomic E-state index is 13.5. The van der Waals surface area contributed by atoms with Crippen LogP contribution in [-0.2, 0) is 10.0 Å². The third-order valence-electron chi connectivity index (χ3n) is 5.65. The van der Waals surface area contributed by atoms with Crippen LogP contribution in [0.4, 0.5) is 0 Å². The first-order valence-corrected chi connectivity index (χ1v) is 10.7. The van der Waals surface area contributed by atoms with Crippen LogP contribution in [0.25, 0.3) is 0 Å². The Kier molecular flexibility index (Phi) is 4.59. The van der Waals surface area contributed by atoms with Crippen molar-refractivity contribution in [3.63, 3.8) is 0 Å². The monoisotopic (exact) mass is 398 g/mol. The van der Waals surface area contributed by atoms with Crippen LogP contribution < -0.4 is 0 Å². The van der Waals surface area contributed by atoms with E-state index < -0.39 is 21.5 Å². The lowest BCUT2D eigenvalue weighted by Gasteiger charge is -2.36. The molecular weight excluding hydrogens is 380 g/mol. The van der Waals surface area contributed by atoms with Crippen molar-refractivity contribution < 1.29 is 8.42 Å². The molecule has 0 bridgehead atoms. The lowest BCUT2D eigenvalue weighted by molar-refractivity contribution is 0.235. The maximum absolute atomic E-state index is 13.5. The number of hydrogen-bond donors (Lipinski definition) is 0. The second-order valence-corrected chi connectivity index (χ2v) is 9.39. The van der Waals surface area contributed by atoms with Crippen LogP contribution in [0.2, 0.25) is 5.02 Å². The second kappa shape index (κ2) is 6.79. The quantitative estimate of drug-likeness (QED) is 0.712. The highest BCUT2D eigenvalue weighted by molar-refractivity contribution is 7.89. The fraction of sp³-hybridized carbons (Fsp3) is 0.286. The summed E-state index contributed by atoms with van der Waals surface area (Å²) in [5.74, 6) is -0.129. The molecular formula is C21H19ClN2O2S. The van der Waals surface area contributed by atoms with Crippen LogP contribution in [-0.4, -0.2) is 19.3 Å². The molecule has 1 aliphatic heterocycles. The Morgan fingerprint density at radius 3 is 2.48 bits per heavy atom. The van der Waals surface area contributed by atoms with Gasteiger partial charge >= 0.3 is 0 Å². The van der Waals surface area contributed by atoms with Crippen molar-refractivity contribution in [3.8, 4) is 6.07 Å². The van der Waals surface area contributed by atoms with Crippen molar-refractivity contribution in [2.24, 2.45) is 11.3 Å². The first-order chi connectivity index (χ1) is 13.0. The molecule has 2 aromatic carbocycles. The lowest BCUT2D eigenvalue weighted by atomic mass is 9.67. The van der Waals surface area contributed by atoms with E-state index in [0.29, 0.717) is 18.0 Å². The first-order valence-electron chi connectivity index (χ1n) is 8.89. The zero-order valence-electron chi connectivity index (χ0n) is 14.6. The number of nitriles is 1. The summed E-state index contributed by atoms with van der Waals surface area (Å²) in [6.45, 7) is 0.300. The minimum atomic E-state index is -3.74. The first kappa shape index (κ1) is 18.2. The van der Waals surface area contributed by atoms with Gasteiger partial charge in [-0.05, 0) is 42.7 Å². The van der Waals surface area contributed by atoms with Crippen LogP contribution in [0.15, 0.2) is 71.6 Å². The fourth-order valence-electron chi connectivity index (χ4n) is 4.33. The van der Waals surface area contributed by atoms with E-state index in [9.17, 15) is 13.7 Å². The Balaban J connectivity index is 1.89. The van der Waals surface area contributed by atoms with Gasteiger partial charge < -0.3 is 0 Å². The summed E-state index contributed by atoms with van der Waals surface area (Å²) in [5, 5.41) is 10.7. The number of allylic oxidation sites excluding steroid dienone is 1. The van der Waals surface area contributed by atoms with Crippen molar-refractivity contribution in [1.82, 2.24) is 4.31 Å². The minimum absolute atomic E-state index is 0.129. The highest BCUT2D eigenvalue weighted by Gasteiger charge is 2.58. The number of benzene rings is 2. The van der Waals surface area contributed by atoms with Crippen molar-refractivity contribution in [1.29, 1.82) is 5.26 Å². The summed E-state index contributed by atoms with van der Waals surface area (Å²) in [4.78, 5) is 0.250. The maximum Gasteiger partial charge on any atom is 0.243 e. The molecule has 0 aromatic heterocycles. The number of halogens is 1. The van der Waals surface area contributed by atoms with Gasteiger partial charge in [-0.3, -0.25) is 0 Å². The summed E-state index contributed by atoms with van der Waals surface area (Å²) in [6.07, 6.45) is 5.47. The van der Waals surface area contributed by atoms with Gasteiger partial charge in [0.1, 0.15) is 0 Å². The van der Waals surface area contributed by atoms with Gasteiger partial charge in [0.15, 0.2) is 0 Å². The van der Waals surface area contributed by atoms with Crippen molar-refractivity contribution in [3.05, 3.63) is 77.3 Å². The molecule has 2 aromatic rings. The SMILES string of the molecule is N#C[C@]12CCC=C[C@@H]1CN(S(=O)(=O)c1ccccc1)[C@H]2c1ccc(Cl)cc1. The Bertz CT molecular complexity index is 1010.